The van der Waals surface area contributed by atoms with Crippen LogP contribution in [0.25, 0.3) is 0 Å². The summed E-state index contributed by atoms with van der Waals surface area (Å²) in [5.41, 5.74) is 1.60. The number of halogens is 3. The second kappa shape index (κ2) is 10.2. The van der Waals surface area contributed by atoms with Gasteiger partial charge in [0.2, 0.25) is 5.95 Å². The lowest BCUT2D eigenvalue weighted by atomic mass is 10.1. The van der Waals surface area contributed by atoms with Gasteiger partial charge in [0.1, 0.15) is 0 Å². The molecule has 1 aromatic heterocycles. The molecule has 0 spiro atoms. The average molecular weight is 503 g/mol. The highest BCUT2D eigenvalue weighted by molar-refractivity contribution is 5.59. The van der Waals surface area contributed by atoms with Crippen molar-refractivity contribution < 1.29 is 22.6 Å². The smallest absolute Gasteiger partial charge is 0.416 e. The van der Waals surface area contributed by atoms with Crippen molar-refractivity contribution in [3.05, 3.63) is 75.2 Å². The highest BCUT2D eigenvalue weighted by Gasteiger charge is 2.33. The Bertz CT molecular complexity index is 1310. The number of hydrogen-bond acceptors (Lipinski definition) is 6. The quantitative estimate of drug-likeness (QED) is 0.464. The second-order valence-corrected chi connectivity index (χ2v) is 8.66. The summed E-state index contributed by atoms with van der Waals surface area (Å²) in [7, 11) is 3.14. The van der Waals surface area contributed by atoms with Gasteiger partial charge in [0, 0.05) is 23.5 Å². The molecule has 192 valence electrons. The highest BCUT2D eigenvalue weighted by atomic mass is 19.4. The van der Waals surface area contributed by atoms with Crippen molar-refractivity contribution in [2.45, 2.75) is 39.5 Å². The molecule has 0 amide bonds. The van der Waals surface area contributed by atoms with E-state index in [0.717, 1.165) is 17.7 Å². The van der Waals surface area contributed by atoms with E-state index in [-0.39, 0.29) is 18.9 Å². The van der Waals surface area contributed by atoms with Crippen LogP contribution < -0.4 is 19.9 Å². The van der Waals surface area contributed by atoms with Crippen LogP contribution in [0.1, 0.15) is 29.3 Å². The van der Waals surface area contributed by atoms with Crippen LogP contribution in [-0.4, -0.2) is 41.9 Å². The number of anilines is 2. The Morgan fingerprint density at radius 2 is 1.78 bits per heavy atom. The fraction of sp³-hybridized carbons (Fsp3) is 0.385. The van der Waals surface area contributed by atoms with Gasteiger partial charge in [-0.25, -0.2) is 4.98 Å². The normalized spacial score (nSPS) is 14.0. The van der Waals surface area contributed by atoms with Gasteiger partial charge in [-0.15, -0.1) is 0 Å². The number of aryl methyl sites for hydroxylation is 1. The molecule has 10 heteroatoms. The van der Waals surface area contributed by atoms with E-state index >= 15 is 0 Å². The summed E-state index contributed by atoms with van der Waals surface area (Å²) < 4.78 is 52.6. The Kier molecular flexibility index (Phi) is 7.26. The van der Waals surface area contributed by atoms with Gasteiger partial charge < -0.3 is 9.47 Å². The number of hydrogen-bond donors (Lipinski definition) is 0. The molecule has 4 rings (SSSR count). The largest absolute Gasteiger partial charge is 0.493 e. The molecule has 0 aliphatic carbocycles. The molecule has 7 nitrogen and oxygen atoms in total. The molecule has 2 aromatic carbocycles. The zero-order valence-corrected chi connectivity index (χ0v) is 20.7. The zero-order chi connectivity index (χ0) is 26.0. The summed E-state index contributed by atoms with van der Waals surface area (Å²) in [6.45, 7) is 4.78. The molecule has 0 saturated heterocycles. The van der Waals surface area contributed by atoms with Gasteiger partial charge in [0.05, 0.1) is 33.1 Å². The van der Waals surface area contributed by atoms with Crippen molar-refractivity contribution >= 4 is 11.6 Å². The molecule has 0 saturated carbocycles. The van der Waals surface area contributed by atoms with Crippen LogP contribution in [0.5, 0.6) is 11.5 Å². The highest BCUT2D eigenvalue weighted by Crippen LogP contribution is 2.35. The molecule has 1 aliphatic heterocycles. The molecule has 1 aliphatic rings. The van der Waals surface area contributed by atoms with Gasteiger partial charge in [0.25, 0.3) is 5.56 Å². The molecule has 0 atom stereocenters. The summed E-state index contributed by atoms with van der Waals surface area (Å²) in [4.78, 5) is 21.6. The predicted molar refractivity (Wildman–Crippen MR) is 131 cm³/mol. The van der Waals surface area contributed by atoms with E-state index in [1.54, 1.807) is 36.7 Å². The van der Waals surface area contributed by atoms with Crippen molar-refractivity contribution in [3.63, 3.8) is 0 Å². The Hall–Kier alpha value is -3.53. The van der Waals surface area contributed by atoms with Crippen LogP contribution in [-0.2, 0) is 25.7 Å². The Balaban J connectivity index is 1.69. The van der Waals surface area contributed by atoms with Crippen LogP contribution in [0.2, 0.25) is 0 Å². The number of aromatic nitrogens is 2. The molecule has 0 fully saturated rings. The molecule has 0 N–H and O–H groups in total. The molecular formula is C26H29F3N4O3. The van der Waals surface area contributed by atoms with Crippen LogP contribution in [0.15, 0.2) is 47.3 Å². The topological polar surface area (TPSA) is 59.8 Å². The Labute approximate surface area is 207 Å². The first-order chi connectivity index (χ1) is 17.2. The van der Waals surface area contributed by atoms with Crippen LogP contribution >= 0.6 is 0 Å². The number of nitrogens with zero attached hydrogens (tertiary/aromatic N) is 4. The number of ether oxygens (including phenoxy) is 2. The molecule has 3 aromatic rings. The summed E-state index contributed by atoms with van der Waals surface area (Å²) in [6, 6.07) is 10.8. The third-order valence-corrected chi connectivity index (χ3v) is 6.38. The van der Waals surface area contributed by atoms with Gasteiger partial charge in [-0.1, -0.05) is 19.1 Å². The number of methoxy groups -OCH3 is 2. The summed E-state index contributed by atoms with van der Waals surface area (Å²) >= 11 is 0. The molecule has 36 heavy (non-hydrogen) atoms. The molecule has 2 heterocycles. The summed E-state index contributed by atoms with van der Waals surface area (Å²) in [6.07, 6.45) is -3.32. The number of benzene rings is 2. The Morgan fingerprint density at radius 3 is 2.44 bits per heavy atom. The minimum Gasteiger partial charge on any atom is -0.493 e. The standard InChI is InChI=1S/C26H29F3N4O3/c1-5-21-17(2)30-25-32(20-8-6-7-19(14-20)26(27,28)29)15-31(16-33(25)24(21)34)12-11-18-9-10-22(35-3)23(13-18)36-4/h6-10,13-14H,5,11-12,15-16H2,1-4H3. The van der Waals surface area contributed by atoms with E-state index in [0.29, 0.717) is 53.8 Å². The van der Waals surface area contributed by atoms with E-state index in [1.807, 2.05) is 30.0 Å². The molecule has 0 bridgehead atoms. The fourth-order valence-electron chi connectivity index (χ4n) is 4.45. The van der Waals surface area contributed by atoms with E-state index in [9.17, 15) is 18.0 Å². The number of alkyl halides is 3. The zero-order valence-electron chi connectivity index (χ0n) is 20.7. The van der Waals surface area contributed by atoms with Gasteiger partial charge in [-0.2, -0.15) is 13.2 Å². The van der Waals surface area contributed by atoms with Gasteiger partial charge in [-0.3, -0.25) is 19.2 Å². The maximum Gasteiger partial charge on any atom is 0.416 e. The summed E-state index contributed by atoms with van der Waals surface area (Å²) in [5.74, 6) is 1.59. The average Bonchev–Trinajstić information content (AvgIpc) is 2.87. The van der Waals surface area contributed by atoms with E-state index in [1.165, 1.54) is 6.07 Å². The van der Waals surface area contributed by atoms with E-state index in [4.69, 9.17) is 9.47 Å². The lowest BCUT2D eigenvalue weighted by Crippen LogP contribution is -2.48. The molecule has 0 radical (unpaired) electrons. The van der Waals surface area contributed by atoms with Crippen LogP contribution in [0.4, 0.5) is 24.8 Å². The van der Waals surface area contributed by atoms with Crippen molar-refractivity contribution in [1.82, 2.24) is 14.5 Å². The third-order valence-electron chi connectivity index (χ3n) is 6.38. The maximum atomic E-state index is 13.4. The van der Waals surface area contributed by atoms with Crippen molar-refractivity contribution in [2.75, 3.05) is 32.3 Å². The van der Waals surface area contributed by atoms with E-state index < -0.39 is 11.7 Å². The maximum absolute atomic E-state index is 13.4. The number of fused-ring (bicyclic) bond motifs is 1. The lowest BCUT2D eigenvalue weighted by molar-refractivity contribution is -0.137. The lowest BCUT2D eigenvalue weighted by Gasteiger charge is -2.38. The van der Waals surface area contributed by atoms with Gasteiger partial charge in [0.15, 0.2) is 11.5 Å². The SMILES string of the molecule is CCc1c(C)nc2n(c1=O)CN(CCc1ccc(OC)c(OC)c1)CN2c1cccc(C(F)(F)F)c1. The first kappa shape index (κ1) is 25.6. The van der Waals surface area contributed by atoms with E-state index in [2.05, 4.69) is 4.98 Å². The predicted octanol–water partition coefficient (Wildman–Crippen LogP) is 4.76. The van der Waals surface area contributed by atoms with Crippen molar-refractivity contribution in [3.8, 4) is 11.5 Å². The summed E-state index contributed by atoms with van der Waals surface area (Å²) in [5, 5.41) is 0. The Morgan fingerprint density at radius 1 is 1.03 bits per heavy atom. The second-order valence-electron chi connectivity index (χ2n) is 8.66. The van der Waals surface area contributed by atoms with Crippen molar-refractivity contribution in [1.29, 1.82) is 0 Å². The molecule has 0 unspecified atom stereocenters. The number of rotatable bonds is 7. The van der Waals surface area contributed by atoms with Crippen LogP contribution in [0.3, 0.4) is 0 Å². The van der Waals surface area contributed by atoms with Gasteiger partial charge in [-0.05, 0) is 55.7 Å². The fourth-order valence-corrected chi connectivity index (χ4v) is 4.45. The van der Waals surface area contributed by atoms with Gasteiger partial charge >= 0.3 is 6.18 Å². The minimum atomic E-state index is -4.48. The first-order valence-corrected chi connectivity index (χ1v) is 11.6. The monoisotopic (exact) mass is 502 g/mol. The first-order valence-electron chi connectivity index (χ1n) is 11.6. The third kappa shape index (κ3) is 5.04. The minimum absolute atomic E-state index is 0.173. The van der Waals surface area contributed by atoms with Crippen molar-refractivity contribution in [2.24, 2.45) is 0 Å². The van der Waals surface area contributed by atoms with Crippen LogP contribution in [0, 0.1) is 6.92 Å². The molecular weight excluding hydrogens is 473 g/mol.